The van der Waals surface area contributed by atoms with Gasteiger partial charge in [0.25, 0.3) is 0 Å². The fraction of sp³-hybridized carbons (Fsp3) is 0.656. The molecule has 44 heavy (non-hydrogen) atoms. The minimum atomic E-state index is -0.986. The molecule has 8 N–H and O–H groups in total. The van der Waals surface area contributed by atoms with Gasteiger partial charge in [-0.05, 0) is 55.7 Å². The Hall–Kier alpha value is -3.67. The number of carbonyl (C=O) groups excluding carboxylic acids is 4. The summed E-state index contributed by atoms with van der Waals surface area (Å²) >= 11 is 0. The number of nitrogen functional groups attached to an aromatic ring is 1. The van der Waals surface area contributed by atoms with Crippen molar-refractivity contribution in [1.29, 1.82) is 0 Å². The van der Waals surface area contributed by atoms with Crippen LogP contribution in [-0.2, 0) is 30.5 Å². The topological polar surface area (TPSA) is 192 Å². The van der Waals surface area contributed by atoms with Crippen molar-refractivity contribution in [2.24, 2.45) is 11.8 Å². The van der Waals surface area contributed by atoms with Crippen molar-refractivity contribution < 1.29 is 29.1 Å². The zero-order chi connectivity index (χ0) is 33.2. The highest BCUT2D eigenvalue weighted by molar-refractivity contribution is 5.92. The largest absolute Gasteiger partial charge is 0.481 e. The van der Waals surface area contributed by atoms with E-state index in [4.69, 9.17) is 10.8 Å². The molecule has 0 heterocycles. The van der Waals surface area contributed by atoms with Crippen LogP contribution in [0.25, 0.3) is 0 Å². The van der Waals surface area contributed by atoms with Crippen molar-refractivity contribution in [2.45, 2.75) is 117 Å². The fourth-order valence-electron chi connectivity index (χ4n) is 4.62. The molecule has 248 valence electrons. The molecule has 0 aliphatic carbocycles. The molecule has 0 fully saturated rings. The van der Waals surface area contributed by atoms with Crippen LogP contribution in [0.5, 0.6) is 0 Å². The van der Waals surface area contributed by atoms with E-state index in [1.807, 2.05) is 46.8 Å². The second-order valence-electron chi connectivity index (χ2n) is 12.0. The summed E-state index contributed by atoms with van der Waals surface area (Å²) in [6, 6.07) is 4.82. The Bertz CT molecular complexity index is 1060. The first-order valence-corrected chi connectivity index (χ1v) is 15.7. The van der Waals surface area contributed by atoms with Crippen LogP contribution in [0.15, 0.2) is 24.3 Å². The van der Waals surface area contributed by atoms with Crippen LogP contribution in [0, 0.1) is 11.8 Å². The lowest BCUT2D eigenvalue weighted by atomic mass is 9.97. The van der Waals surface area contributed by atoms with E-state index in [1.165, 1.54) is 0 Å². The van der Waals surface area contributed by atoms with Gasteiger partial charge in [-0.15, -0.1) is 0 Å². The fourth-order valence-corrected chi connectivity index (χ4v) is 4.62. The van der Waals surface area contributed by atoms with Gasteiger partial charge in [-0.1, -0.05) is 59.6 Å². The van der Waals surface area contributed by atoms with E-state index in [-0.39, 0.29) is 49.0 Å². The first-order chi connectivity index (χ1) is 20.8. The van der Waals surface area contributed by atoms with Crippen molar-refractivity contribution >= 4 is 35.3 Å². The molecule has 0 aromatic heterocycles. The molecule has 0 aliphatic rings. The standard InChI is InChI=1S/C32H54N6O6/c1-7-10-26(37-32(44)29(21(5)8-2)38-27(39)11-9-12-28(40)41)31(43)36-25(17-20(3)4)19-34-22(6)30(42)35-18-23-13-15-24(33)16-14-23/h13-16,20-22,25-26,29,34H,7-12,17-19,33H2,1-6H3,(H,35,42)(H,36,43)(H,37,44)(H,38,39)(H,40,41)/t21-,22+,25+,26+,29+/m1/s1. The van der Waals surface area contributed by atoms with Gasteiger partial charge in [0.15, 0.2) is 0 Å². The van der Waals surface area contributed by atoms with Crippen molar-refractivity contribution in [3.63, 3.8) is 0 Å². The maximum Gasteiger partial charge on any atom is 0.303 e. The van der Waals surface area contributed by atoms with E-state index in [2.05, 4.69) is 26.6 Å². The van der Waals surface area contributed by atoms with E-state index in [9.17, 15) is 24.0 Å². The van der Waals surface area contributed by atoms with Crippen molar-refractivity contribution in [2.75, 3.05) is 12.3 Å². The van der Waals surface area contributed by atoms with Crippen LogP contribution in [-0.4, -0.2) is 65.4 Å². The van der Waals surface area contributed by atoms with Crippen LogP contribution in [0.1, 0.15) is 92.1 Å². The Labute approximate surface area is 262 Å². The Morgan fingerprint density at radius 2 is 1.52 bits per heavy atom. The molecule has 0 radical (unpaired) electrons. The normalized spacial score (nSPS) is 14.5. The number of nitrogens with one attached hydrogen (secondary N) is 5. The molecule has 4 amide bonds. The smallest absolute Gasteiger partial charge is 0.303 e. The lowest BCUT2D eigenvalue weighted by molar-refractivity contribution is -0.137. The second-order valence-corrected chi connectivity index (χ2v) is 12.0. The van der Waals surface area contributed by atoms with Gasteiger partial charge in [0.2, 0.25) is 23.6 Å². The Balaban J connectivity index is 2.82. The summed E-state index contributed by atoms with van der Waals surface area (Å²) in [5.41, 5.74) is 7.30. The zero-order valence-electron chi connectivity index (χ0n) is 27.2. The number of carbonyl (C=O) groups is 5. The van der Waals surface area contributed by atoms with Crippen LogP contribution >= 0.6 is 0 Å². The number of rotatable bonds is 21. The summed E-state index contributed by atoms with van der Waals surface area (Å²) in [4.78, 5) is 62.7. The lowest BCUT2D eigenvalue weighted by Gasteiger charge is -2.28. The third kappa shape index (κ3) is 15.2. The monoisotopic (exact) mass is 618 g/mol. The van der Waals surface area contributed by atoms with Crippen LogP contribution in [0.3, 0.4) is 0 Å². The van der Waals surface area contributed by atoms with Gasteiger partial charge in [-0.3, -0.25) is 24.0 Å². The van der Waals surface area contributed by atoms with E-state index < -0.39 is 35.9 Å². The van der Waals surface area contributed by atoms with Gasteiger partial charge < -0.3 is 37.4 Å². The average molecular weight is 619 g/mol. The highest BCUT2D eigenvalue weighted by Gasteiger charge is 2.30. The molecular formula is C32H54N6O6. The average Bonchev–Trinajstić information content (AvgIpc) is 2.96. The van der Waals surface area contributed by atoms with Gasteiger partial charge in [-0.2, -0.15) is 0 Å². The summed E-state index contributed by atoms with van der Waals surface area (Å²) in [5, 5.41) is 23.6. The third-order valence-electron chi connectivity index (χ3n) is 7.43. The molecule has 1 aromatic carbocycles. The first-order valence-electron chi connectivity index (χ1n) is 15.7. The molecular weight excluding hydrogens is 564 g/mol. The van der Waals surface area contributed by atoms with E-state index in [0.717, 1.165) is 5.56 Å². The molecule has 5 atom stereocenters. The number of benzene rings is 1. The summed E-state index contributed by atoms with van der Waals surface area (Å²) in [7, 11) is 0. The number of hydrogen-bond donors (Lipinski definition) is 7. The summed E-state index contributed by atoms with van der Waals surface area (Å²) in [5.74, 6) is -2.28. The number of aliphatic carboxylic acids is 1. The highest BCUT2D eigenvalue weighted by atomic mass is 16.4. The minimum absolute atomic E-state index is 0.00685. The number of carboxylic acids is 1. The van der Waals surface area contributed by atoms with Gasteiger partial charge in [-0.25, -0.2) is 0 Å². The number of nitrogens with two attached hydrogens (primary N) is 1. The Morgan fingerprint density at radius 1 is 0.864 bits per heavy atom. The highest BCUT2D eigenvalue weighted by Crippen LogP contribution is 2.11. The van der Waals surface area contributed by atoms with E-state index in [0.29, 0.717) is 44.5 Å². The molecule has 0 spiro atoms. The lowest BCUT2D eigenvalue weighted by Crippen LogP contribution is -2.57. The Morgan fingerprint density at radius 3 is 2.09 bits per heavy atom. The quantitative estimate of drug-likeness (QED) is 0.102. The molecule has 0 bridgehead atoms. The van der Waals surface area contributed by atoms with Crippen molar-refractivity contribution in [3.05, 3.63) is 29.8 Å². The molecule has 12 heteroatoms. The molecule has 0 saturated carbocycles. The van der Waals surface area contributed by atoms with Gasteiger partial charge >= 0.3 is 5.97 Å². The summed E-state index contributed by atoms with van der Waals surface area (Å²) in [6.45, 7) is 12.2. The molecule has 0 aliphatic heterocycles. The predicted molar refractivity (Wildman–Crippen MR) is 171 cm³/mol. The predicted octanol–water partition coefficient (Wildman–Crippen LogP) is 2.46. The van der Waals surface area contributed by atoms with Crippen LogP contribution in [0.2, 0.25) is 0 Å². The number of carboxylic acid groups (broad SMARTS) is 1. The second kappa shape index (κ2) is 20.3. The van der Waals surface area contributed by atoms with Crippen molar-refractivity contribution in [1.82, 2.24) is 26.6 Å². The summed E-state index contributed by atoms with van der Waals surface area (Å²) in [6.07, 6.45) is 2.36. The van der Waals surface area contributed by atoms with Crippen molar-refractivity contribution in [3.8, 4) is 0 Å². The van der Waals surface area contributed by atoms with Crippen LogP contribution < -0.4 is 32.3 Å². The molecule has 1 rings (SSSR count). The first kappa shape index (κ1) is 38.4. The maximum absolute atomic E-state index is 13.4. The number of hydrogen-bond acceptors (Lipinski definition) is 7. The SMILES string of the molecule is CCC[C@H](NC(=O)[C@@H](NC(=O)CCCC(=O)O)[C@H](C)CC)C(=O)N[C@H](CN[C@@H](C)C(=O)NCc1ccc(N)cc1)CC(C)C. The van der Waals surface area contributed by atoms with E-state index >= 15 is 0 Å². The molecule has 12 nitrogen and oxygen atoms in total. The summed E-state index contributed by atoms with van der Waals surface area (Å²) < 4.78 is 0. The third-order valence-corrected chi connectivity index (χ3v) is 7.43. The van der Waals surface area contributed by atoms with Gasteiger partial charge in [0, 0.05) is 37.7 Å². The molecule has 1 aromatic rings. The Kier molecular flexibility index (Phi) is 17.7. The minimum Gasteiger partial charge on any atom is -0.481 e. The van der Waals surface area contributed by atoms with E-state index in [1.54, 1.807) is 19.1 Å². The number of amides is 4. The van der Waals surface area contributed by atoms with Crippen LogP contribution in [0.4, 0.5) is 5.69 Å². The van der Waals surface area contributed by atoms with Gasteiger partial charge in [0.05, 0.1) is 6.04 Å². The van der Waals surface area contributed by atoms with Gasteiger partial charge in [0.1, 0.15) is 12.1 Å². The number of anilines is 1. The zero-order valence-corrected chi connectivity index (χ0v) is 27.2. The molecule has 0 unspecified atom stereocenters. The molecule has 0 saturated heterocycles. The maximum atomic E-state index is 13.4.